The molecule has 3 amide bonds. The lowest BCUT2D eigenvalue weighted by Gasteiger charge is -2.33. The van der Waals surface area contributed by atoms with Crippen molar-refractivity contribution >= 4 is 36.2 Å². The number of esters is 3. The van der Waals surface area contributed by atoms with Gasteiger partial charge in [-0.2, -0.15) is 14.3 Å². The summed E-state index contributed by atoms with van der Waals surface area (Å²) >= 11 is 0. The molecule has 0 aromatic rings. The summed E-state index contributed by atoms with van der Waals surface area (Å²) in [5, 5.41) is 6.62. The fraction of sp³-hybridized carbons (Fsp3) is 0.500. The summed E-state index contributed by atoms with van der Waals surface area (Å²) in [7, 11) is 0. The first-order valence-corrected chi connectivity index (χ1v) is 12.2. The topological polar surface area (TPSA) is 215 Å². The highest BCUT2D eigenvalue weighted by Crippen LogP contribution is 2.16. The minimum absolute atomic E-state index is 0.215. The predicted octanol–water partition coefficient (Wildman–Crippen LogP) is 0.225. The van der Waals surface area contributed by atoms with Crippen molar-refractivity contribution in [3.63, 3.8) is 0 Å². The Balaban J connectivity index is 5.45. The molecule has 43 heavy (non-hydrogen) atoms. The van der Waals surface area contributed by atoms with Crippen LogP contribution in [0.1, 0.15) is 6.92 Å². The number of hydrogen-bond donors (Lipinski definition) is 4. The van der Waals surface area contributed by atoms with Gasteiger partial charge in [-0.3, -0.25) is 0 Å². The number of halogens is 2. The Hall–Kier alpha value is -4.78. The lowest BCUT2D eigenvalue weighted by atomic mass is 10.1. The highest BCUT2D eigenvalue weighted by atomic mass is 19.3. The fourth-order valence-corrected chi connectivity index (χ4v) is 2.27. The molecular formula is C24H34F2N4O13. The average molecular weight is 625 g/mol. The third-order valence-electron chi connectivity index (χ3n) is 4.23. The van der Waals surface area contributed by atoms with Gasteiger partial charge in [0.25, 0.3) is 0 Å². The van der Waals surface area contributed by atoms with Crippen LogP contribution < -0.4 is 21.4 Å². The van der Waals surface area contributed by atoms with Crippen molar-refractivity contribution in [2.75, 3.05) is 59.3 Å². The van der Waals surface area contributed by atoms with Crippen LogP contribution >= 0.6 is 0 Å². The van der Waals surface area contributed by atoms with Crippen LogP contribution in [0.2, 0.25) is 0 Å². The summed E-state index contributed by atoms with van der Waals surface area (Å²) in [5.74, 6) is -2.25. The maximum Gasteiger partial charge on any atom is 0.407 e. The summed E-state index contributed by atoms with van der Waals surface area (Å²) < 4.78 is 56.1. The molecule has 17 nitrogen and oxygen atoms in total. The van der Waals surface area contributed by atoms with E-state index in [1.54, 1.807) is 0 Å². The monoisotopic (exact) mass is 624 g/mol. The van der Waals surface area contributed by atoms with E-state index in [4.69, 9.17) is 14.2 Å². The first-order chi connectivity index (χ1) is 20.3. The van der Waals surface area contributed by atoms with E-state index >= 15 is 0 Å². The van der Waals surface area contributed by atoms with E-state index < -0.39 is 67.7 Å². The molecule has 0 bridgehead atoms. The summed E-state index contributed by atoms with van der Waals surface area (Å²) in [6, 6.07) is 0. The highest BCUT2D eigenvalue weighted by Gasteiger charge is 2.39. The van der Waals surface area contributed by atoms with Gasteiger partial charge >= 0.3 is 42.3 Å². The van der Waals surface area contributed by atoms with Gasteiger partial charge in [0.2, 0.25) is 0 Å². The van der Waals surface area contributed by atoms with Crippen LogP contribution in [0.3, 0.4) is 0 Å². The Bertz CT molecular complexity index is 881. The number of hydroxylamine groups is 1. The summed E-state index contributed by atoms with van der Waals surface area (Å²) in [4.78, 5) is 73.9. The molecule has 0 radical (unpaired) electrons. The largest absolute Gasteiger partial charge is 0.461 e. The molecule has 0 saturated carbocycles. The molecule has 0 aliphatic carbocycles. The van der Waals surface area contributed by atoms with Gasteiger partial charge in [0.05, 0.1) is 19.6 Å². The number of carbonyl (C=O) groups excluding carboxylic acids is 6. The van der Waals surface area contributed by atoms with Crippen molar-refractivity contribution in [1.29, 1.82) is 0 Å². The molecule has 0 rings (SSSR count). The zero-order valence-corrected chi connectivity index (χ0v) is 23.3. The zero-order valence-electron chi connectivity index (χ0n) is 23.3. The molecule has 0 atom stereocenters. The second-order valence-electron chi connectivity index (χ2n) is 7.92. The summed E-state index contributed by atoms with van der Waals surface area (Å²) in [6.07, 6.45) is -4.51. The lowest BCUT2D eigenvalue weighted by molar-refractivity contribution is -0.281. The Kier molecular flexibility index (Phi) is 18.7. The number of carbonyl (C=O) groups is 6. The molecule has 0 heterocycles. The van der Waals surface area contributed by atoms with Gasteiger partial charge in [0, 0.05) is 25.2 Å². The summed E-state index contributed by atoms with van der Waals surface area (Å²) in [6.45, 7) is 5.86. The van der Waals surface area contributed by atoms with Crippen molar-refractivity contribution in [3.05, 3.63) is 38.0 Å². The van der Waals surface area contributed by atoms with E-state index in [0.717, 1.165) is 18.2 Å². The third kappa shape index (κ3) is 20.7. The minimum atomic E-state index is -3.81. The van der Waals surface area contributed by atoms with Crippen molar-refractivity contribution < 1.29 is 70.8 Å². The van der Waals surface area contributed by atoms with Gasteiger partial charge in [-0.25, -0.2) is 33.6 Å². The third-order valence-corrected chi connectivity index (χ3v) is 4.23. The van der Waals surface area contributed by atoms with Crippen LogP contribution in [0.4, 0.5) is 23.2 Å². The number of nitrogens with one attached hydrogen (secondary N) is 4. The first kappa shape index (κ1) is 38.2. The molecule has 0 aliphatic rings. The van der Waals surface area contributed by atoms with E-state index in [0.29, 0.717) is 6.92 Å². The maximum atomic E-state index is 13.6. The van der Waals surface area contributed by atoms with Crippen molar-refractivity contribution in [2.24, 2.45) is 0 Å². The zero-order chi connectivity index (χ0) is 32.7. The molecule has 4 N–H and O–H groups in total. The predicted molar refractivity (Wildman–Crippen MR) is 139 cm³/mol. The standard InChI is InChI=1S/C24H34F2N4O13/c1-5-17(31)37-11-8-27-20(34)40-14-24(30-43-23(4,25)26,15-41-21(35)28-9-12-38-18(32)6-2)16-42-22(36)29-10-13-39-19(33)7-3/h5-7,30H,1-3,8-16H2,4H3,(H,27,34)(H,28,35)(H,29,36). The van der Waals surface area contributed by atoms with Crippen LogP contribution in [0.25, 0.3) is 0 Å². The number of ether oxygens (including phenoxy) is 6. The Morgan fingerprint density at radius 1 is 0.605 bits per heavy atom. The fourth-order valence-electron chi connectivity index (χ4n) is 2.27. The SMILES string of the molecule is C=CC(=O)OCCNC(=O)OCC(COC(=O)NCCOC(=O)C=C)(COC(=O)NCCOC(=O)C=C)NOC(C)(F)F. The van der Waals surface area contributed by atoms with Crippen LogP contribution in [0.5, 0.6) is 0 Å². The van der Waals surface area contributed by atoms with Gasteiger partial charge in [-0.05, 0) is 0 Å². The number of rotatable bonds is 21. The second kappa shape index (κ2) is 21.0. The molecule has 0 saturated heterocycles. The molecule has 0 fully saturated rings. The Labute approximate surface area is 244 Å². The molecule has 0 unspecified atom stereocenters. The van der Waals surface area contributed by atoms with E-state index in [1.165, 1.54) is 0 Å². The number of hydrogen-bond acceptors (Lipinski definition) is 14. The van der Waals surface area contributed by atoms with Crippen LogP contribution in [0, 0.1) is 0 Å². The molecular weight excluding hydrogens is 590 g/mol. The van der Waals surface area contributed by atoms with E-state index in [-0.39, 0.29) is 39.5 Å². The minimum Gasteiger partial charge on any atom is -0.461 e. The maximum absolute atomic E-state index is 13.6. The number of alkyl halides is 2. The second-order valence-corrected chi connectivity index (χ2v) is 7.92. The van der Waals surface area contributed by atoms with Gasteiger partial charge in [0.1, 0.15) is 45.2 Å². The van der Waals surface area contributed by atoms with Gasteiger partial charge < -0.3 is 44.4 Å². The average Bonchev–Trinajstić information content (AvgIpc) is 2.97. The van der Waals surface area contributed by atoms with Gasteiger partial charge in [-0.1, -0.05) is 19.7 Å². The smallest absolute Gasteiger partial charge is 0.407 e. The van der Waals surface area contributed by atoms with Crippen LogP contribution in [-0.2, 0) is 47.6 Å². The Morgan fingerprint density at radius 3 is 1.16 bits per heavy atom. The van der Waals surface area contributed by atoms with E-state index in [1.807, 2.05) is 5.48 Å². The lowest BCUT2D eigenvalue weighted by Crippen LogP contribution is -2.59. The van der Waals surface area contributed by atoms with Crippen LogP contribution in [0.15, 0.2) is 38.0 Å². The van der Waals surface area contributed by atoms with Crippen molar-refractivity contribution in [2.45, 2.75) is 18.6 Å². The number of alkyl carbamates (subject to hydrolysis) is 3. The molecule has 0 spiro atoms. The van der Waals surface area contributed by atoms with Crippen LogP contribution in [-0.4, -0.2) is 107 Å². The normalized spacial score (nSPS) is 10.7. The molecule has 0 aromatic heterocycles. The summed E-state index contributed by atoms with van der Waals surface area (Å²) in [5.41, 5.74) is -0.231. The quantitative estimate of drug-likeness (QED) is 0.0442. The highest BCUT2D eigenvalue weighted by molar-refractivity contribution is 5.82. The molecule has 242 valence electrons. The Morgan fingerprint density at radius 2 is 0.907 bits per heavy atom. The molecule has 19 heteroatoms. The van der Waals surface area contributed by atoms with Crippen molar-refractivity contribution in [1.82, 2.24) is 21.4 Å². The van der Waals surface area contributed by atoms with Crippen molar-refractivity contribution in [3.8, 4) is 0 Å². The molecule has 0 aliphatic heterocycles. The van der Waals surface area contributed by atoms with Gasteiger partial charge in [-0.15, -0.1) is 0 Å². The molecule has 0 aromatic carbocycles. The first-order valence-electron chi connectivity index (χ1n) is 12.2. The number of amides is 3. The van der Waals surface area contributed by atoms with E-state index in [9.17, 15) is 37.5 Å². The van der Waals surface area contributed by atoms with E-state index in [2.05, 4.69) is 54.7 Å². The van der Waals surface area contributed by atoms with Gasteiger partial charge in [0.15, 0.2) is 0 Å².